The molecule has 2 rings (SSSR count). The highest BCUT2D eigenvalue weighted by molar-refractivity contribution is 5.23. The van der Waals surface area contributed by atoms with Gasteiger partial charge in [-0.3, -0.25) is 9.55 Å². The van der Waals surface area contributed by atoms with Gasteiger partial charge in [-0.25, -0.2) is 9.97 Å². The number of hydrogen-bond donors (Lipinski definition) is 0. The summed E-state index contributed by atoms with van der Waals surface area (Å²) in [6.45, 7) is 6.31. The van der Waals surface area contributed by atoms with E-state index >= 15 is 0 Å². The van der Waals surface area contributed by atoms with Crippen molar-refractivity contribution in [2.24, 2.45) is 0 Å². The second-order valence-electron chi connectivity index (χ2n) is 4.02. The number of imidazole rings is 1. The summed E-state index contributed by atoms with van der Waals surface area (Å²) in [7, 11) is 0. The van der Waals surface area contributed by atoms with Crippen molar-refractivity contribution in [3.05, 3.63) is 36.3 Å². The van der Waals surface area contributed by atoms with Crippen LogP contribution < -0.4 is 0 Å². The zero-order chi connectivity index (χ0) is 11.5. The Hall–Kier alpha value is -1.71. The van der Waals surface area contributed by atoms with Gasteiger partial charge in [0, 0.05) is 25.0 Å². The molecule has 0 fully saturated rings. The predicted octanol–water partition coefficient (Wildman–Crippen LogP) is 2.35. The highest BCUT2D eigenvalue weighted by Crippen LogP contribution is 2.13. The number of rotatable bonds is 3. The van der Waals surface area contributed by atoms with E-state index in [0.29, 0.717) is 5.92 Å². The fourth-order valence-electron chi connectivity index (χ4n) is 1.57. The highest BCUT2D eigenvalue weighted by atomic mass is 15.1. The van der Waals surface area contributed by atoms with Gasteiger partial charge in [0.05, 0.1) is 11.9 Å². The summed E-state index contributed by atoms with van der Waals surface area (Å²) in [5, 5.41) is 0. The van der Waals surface area contributed by atoms with Crippen molar-refractivity contribution in [2.75, 3.05) is 0 Å². The van der Waals surface area contributed by atoms with Crippen LogP contribution in [0.25, 0.3) is 5.82 Å². The molecule has 2 aromatic rings. The minimum absolute atomic E-state index is 0.390. The van der Waals surface area contributed by atoms with Crippen LogP contribution in [0.2, 0.25) is 0 Å². The van der Waals surface area contributed by atoms with Crippen LogP contribution in [0.15, 0.2) is 24.8 Å². The second kappa shape index (κ2) is 4.43. The van der Waals surface area contributed by atoms with E-state index in [9.17, 15) is 0 Å². The lowest BCUT2D eigenvalue weighted by Gasteiger charge is -2.08. The third-order valence-corrected chi connectivity index (χ3v) is 2.51. The number of nitrogens with zero attached hydrogens (tertiary/aromatic N) is 4. The molecule has 0 N–H and O–H groups in total. The largest absolute Gasteiger partial charge is 0.287 e. The molecule has 0 aliphatic carbocycles. The summed E-state index contributed by atoms with van der Waals surface area (Å²) in [5.41, 5.74) is 1.01. The van der Waals surface area contributed by atoms with E-state index in [1.807, 2.05) is 17.0 Å². The first kappa shape index (κ1) is 10.8. The van der Waals surface area contributed by atoms with Gasteiger partial charge in [0.2, 0.25) is 0 Å². The maximum Gasteiger partial charge on any atom is 0.156 e. The Morgan fingerprint density at radius 2 is 2.12 bits per heavy atom. The Kier molecular flexibility index (Phi) is 2.99. The van der Waals surface area contributed by atoms with Crippen molar-refractivity contribution in [2.45, 2.75) is 33.1 Å². The first-order valence-electron chi connectivity index (χ1n) is 5.57. The van der Waals surface area contributed by atoms with E-state index in [1.54, 1.807) is 12.4 Å². The lowest BCUT2D eigenvalue weighted by Crippen LogP contribution is -2.05. The molecule has 0 bridgehead atoms. The summed E-state index contributed by atoms with van der Waals surface area (Å²) in [6.07, 6.45) is 8.19. The second-order valence-corrected chi connectivity index (χ2v) is 4.02. The molecule has 0 spiro atoms. The van der Waals surface area contributed by atoms with Gasteiger partial charge in [-0.15, -0.1) is 0 Å². The van der Waals surface area contributed by atoms with Crippen LogP contribution in [0, 0.1) is 0 Å². The van der Waals surface area contributed by atoms with Crippen LogP contribution >= 0.6 is 0 Å². The topological polar surface area (TPSA) is 43.6 Å². The van der Waals surface area contributed by atoms with Crippen molar-refractivity contribution in [1.29, 1.82) is 0 Å². The number of aryl methyl sites for hydroxylation is 1. The van der Waals surface area contributed by atoms with E-state index in [2.05, 4.69) is 35.7 Å². The van der Waals surface area contributed by atoms with Crippen molar-refractivity contribution in [3.63, 3.8) is 0 Å². The Bertz CT molecular complexity index is 473. The molecule has 0 saturated heterocycles. The predicted molar refractivity (Wildman–Crippen MR) is 62.6 cm³/mol. The SMILES string of the molecule is CCc1nccn1-c1cncc(C(C)C)n1. The Morgan fingerprint density at radius 3 is 2.81 bits per heavy atom. The molecule has 0 aromatic carbocycles. The maximum atomic E-state index is 4.58. The normalized spacial score (nSPS) is 11.0. The monoisotopic (exact) mass is 216 g/mol. The molecule has 4 nitrogen and oxygen atoms in total. The maximum absolute atomic E-state index is 4.58. The van der Waals surface area contributed by atoms with Crippen molar-refractivity contribution < 1.29 is 0 Å². The lowest BCUT2D eigenvalue weighted by molar-refractivity contribution is 0.783. The van der Waals surface area contributed by atoms with Gasteiger partial charge in [-0.05, 0) is 5.92 Å². The summed E-state index contributed by atoms with van der Waals surface area (Å²) < 4.78 is 1.98. The molecule has 2 heterocycles. The molecule has 0 aliphatic rings. The van der Waals surface area contributed by atoms with Crippen LogP contribution in [-0.2, 0) is 6.42 Å². The Labute approximate surface area is 95.4 Å². The summed E-state index contributed by atoms with van der Waals surface area (Å²) in [5.74, 6) is 2.25. The minimum Gasteiger partial charge on any atom is -0.287 e. The van der Waals surface area contributed by atoms with Crippen LogP contribution in [0.4, 0.5) is 0 Å². The molecule has 2 aromatic heterocycles. The minimum atomic E-state index is 0.390. The molecular formula is C12H16N4. The van der Waals surface area contributed by atoms with Crippen LogP contribution in [0.3, 0.4) is 0 Å². The molecule has 4 heteroatoms. The molecule has 0 atom stereocenters. The zero-order valence-corrected chi connectivity index (χ0v) is 9.88. The molecule has 0 aliphatic heterocycles. The Morgan fingerprint density at radius 1 is 1.31 bits per heavy atom. The van der Waals surface area contributed by atoms with Gasteiger partial charge < -0.3 is 0 Å². The molecule has 16 heavy (non-hydrogen) atoms. The van der Waals surface area contributed by atoms with Gasteiger partial charge in [-0.1, -0.05) is 20.8 Å². The average molecular weight is 216 g/mol. The molecule has 0 amide bonds. The molecular weight excluding hydrogens is 200 g/mol. The van der Waals surface area contributed by atoms with E-state index in [-0.39, 0.29) is 0 Å². The quantitative estimate of drug-likeness (QED) is 0.791. The molecule has 0 radical (unpaired) electrons. The van der Waals surface area contributed by atoms with Gasteiger partial charge >= 0.3 is 0 Å². The number of hydrogen-bond acceptors (Lipinski definition) is 3. The van der Waals surface area contributed by atoms with Crippen molar-refractivity contribution in [1.82, 2.24) is 19.5 Å². The molecule has 0 saturated carbocycles. The average Bonchev–Trinajstić information content (AvgIpc) is 2.77. The molecule has 0 unspecified atom stereocenters. The van der Waals surface area contributed by atoms with E-state index in [4.69, 9.17) is 0 Å². The van der Waals surface area contributed by atoms with Crippen LogP contribution in [0.5, 0.6) is 0 Å². The van der Waals surface area contributed by atoms with Crippen molar-refractivity contribution >= 4 is 0 Å². The first-order chi connectivity index (χ1) is 7.72. The lowest BCUT2D eigenvalue weighted by atomic mass is 10.1. The van der Waals surface area contributed by atoms with Gasteiger partial charge in [0.15, 0.2) is 5.82 Å². The van der Waals surface area contributed by atoms with Crippen molar-refractivity contribution in [3.8, 4) is 5.82 Å². The third-order valence-electron chi connectivity index (χ3n) is 2.51. The van der Waals surface area contributed by atoms with Crippen LogP contribution in [-0.4, -0.2) is 19.5 Å². The fourth-order valence-corrected chi connectivity index (χ4v) is 1.57. The smallest absolute Gasteiger partial charge is 0.156 e. The zero-order valence-electron chi connectivity index (χ0n) is 9.88. The van der Waals surface area contributed by atoms with E-state index < -0.39 is 0 Å². The fraction of sp³-hybridized carbons (Fsp3) is 0.417. The van der Waals surface area contributed by atoms with Crippen LogP contribution in [0.1, 0.15) is 38.2 Å². The summed E-state index contributed by atoms with van der Waals surface area (Å²) in [6, 6.07) is 0. The highest BCUT2D eigenvalue weighted by Gasteiger charge is 2.07. The number of aromatic nitrogens is 4. The first-order valence-corrected chi connectivity index (χ1v) is 5.57. The van der Waals surface area contributed by atoms with Gasteiger partial charge in [0.25, 0.3) is 0 Å². The Balaban J connectivity index is 2.44. The molecule has 84 valence electrons. The summed E-state index contributed by atoms with van der Waals surface area (Å²) >= 11 is 0. The van der Waals surface area contributed by atoms with Gasteiger partial charge in [-0.2, -0.15) is 0 Å². The van der Waals surface area contributed by atoms with E-state index in [0.717, 1.165) is 23.8 Å². The standard InChI is InChI=1S/C12H16N4/c1-4-11-14-5-6-16(11)12-8-13-7-10(15-12)9(2)3/h5-9H,4H2,1-3H3. The summed E-state index contributed by atoms with van der Waals surface area (Å²) in [4.78, 5) is 13.1. The third kappa shape index (κ3) is 1.96. The van der Waals surface area contributed by atoms with Gasteiger partial charge in [0.1, 0.15) is 5.82 Å². The van der Waals surface area contributed by atoms with E-state index in [1.165, 1.54) is 0 Å².